The zero-order valence-electron chi connectivity index (χ0n) is 12.4. The first kappa shape index (κ1) is 14.2. The Labute approximate surface area is 132 Å². The fourth-order valence-corrected chi connectivity index (χ4v) is 3.02. The van der Waals surface area contributed by atoms with E-state index < -0.39 is 0 Å². The van der Waals surface area contributed by atoms with E-state index in [0.717, 1.165) is 11.4 Å². The van der Waals surface area contributed by atoms with Gasteiger partial charge in [-0.05, 0) is 17.7 Å². The SMILES string of the molecule is O=c1nc(OCCc2cccc(F)c2)cc2n1C[C@@H]1COCN21. The second-order valence-electron chi connectivity index (χ2n) is 5.70. The molecule has 0 amide bonds. The van der Waals surface area contributed by atoms with Gasteiger partial charge in [-0.2, -0.15) is 4.98 Å². The minimum absolute atomic E-state index is 0.201. The predicted molar refractivity (Wildman–Crippen MR) is 81.2 cm³/mol. The Morgan fingerprint density at radius 1 is 1.39 bits per heavy atom. The molecule has 0 spiro atoms. The van der Waals surface area contributed by atoms with E-state index in [4.69, 9.17) is 9.47 Å². The average molecular weight is 317 g/mol. The van der Waals surface area contributed by atoms with E-state index in [0.29, 0.717) is 38.8 Å². The van der Waals surface area contributed by atoms with E-state index in [9.17, 15) is 9.18 Å². The Bertz CT molecular complexity index is 792. The number of fused-ring (bicyclic) bond motifs is 3. The molecule has 7 heteroatoms. The molecule has 1 atom stereocenters. The molecule has 1 fully saturated rings. The average Bonchev–Trinajstić information content (AvgIpc) is 3.09. The van der Waals surface area contributed by atoms with E-state index in [1.807, 2.05) is 11.0 Å². The molecule has 1 saturated heterocycles. The van der Waals surface area contributed by atoms with Crippen molar-refractivity contribution in [2.24, 2.45) is 0 Å². The van der Waals surface area contributed by atoms with Crippen LogP contribution in [0.25, 0.3) is 0 Å². The van der Waals surface area contributed by atoms with Gasteiger partial charge in [0.2, 0.25) is 5.88 Å². The topological polar surface area (TPSA) is 56.6 Å². The molecule has 0 saturated carbocycles. The molecule has 0 aliphatic carbocycles. The molecule has 0 radical (unpaired) electrons. The third-order valence-electron chi connectivity index (χ3n) is 4.16. The van der Waals surface area contributed by atoms with Gasteiger partial charge in [-0.3, -0.25) is 4.57 Å². The predicted octanol–water partition coefficient (Wildman–Crippen LogP) is 1.18. The van der Waals surface area contributed by atoms with Crippen molar-refractivity contribution in [3.63, 3.8) is 0 Å². The molecule has 23 heavy (non-hydrogen) atoms. The summed E-state index contributed by atoms with van der Waals surface area (Å²) in [5.74, 6) is 0.815. The highest BCUT2D eigenvalue weighted by atomic mass is 19.1. The van der Waals surface area contributed by atoms with Gasteiger partial charge in [0.1, 0.15) is 18.4 Å². The van der Waals surface area contributed by atoms with Crippen LogP contribution in [0.3, 0.4) is 0 Å². The Kier molecular flexibility index (Phi) is 3.49. The molecule has 3 heterocycles. The Balaban J connectivity index is 1.47. The fraction of sp³-hybridized carbons (Fsp3) is 0.375. The molecule has 120 valence electrons. The molecule has 6 nitrogen and oxygen atoms in total. The molecule has 0 bridgehead atoms. The number of nitrogens with zero attached hydrogens (tertiary/aromatic N) is 3. The summed E-state index contributed by atoms with van der Waals surface area (Å²) in [6, 6.07) is 8.35. The number of aromatic nitrogens is 2. The summed E-state index contributed by atoms with van der Waals surface area (Å²) in [5.41, 5.74) is 0.536. The maximum Gasteiger partial charge on any atom is 0.352 e. The molecule has 4 rings (SSSR count). The number of hydrogen-bond acceptors (Lipinski definition) is 5. The third kappa shape index (κ3) is 2.68. The molecule has 2 aliphatic rings. The zero-order valence-corrected chi connectivity index (χ0v) is 12.4. The molecule has 2 aliphatic heterocycles. The van der Waals surface area contributed by atoms with Crippen LogP contribution in [0, 0.1) is 5.82 Å². The van der Waals surface area contributed by atoms with Crippen LogP contribution in [-0.2, 0) is 17.7 Å². The highest BCUT2D eigenvalue weighted by Gasteiger charge is 2.35. The van der Waals surface area contributed by atoms with Crippen LogP contribution in [0.1, 0.15) is 5.56 Å². The first-order valence-electron chi connectivity index (χ1n) is 7.54. The summed E-state index contributed by atoms with van der Waals surface area (Å²) in [6.45, 7) is 2.04. The smallest absolute Gasteiger partial charge is 0.352 e. The molecular formula is C16H16FN3O3. The molecular weight excluding hydrogens is 301 g/mol. The number of hydrogen-bond donors (Lipinski definition) is 0. The summed E-state index contributed by atoms with van der Waals surface area (Å²) in [4.78, 5) is 18.1. The van der Waals surface area contributed by atoms with E-state index in [-0.39, 0.29) is 17.5 Å². The summed E-state index contributed by atoms with van der Waals surface area (Å²) >= 11 is 0. The molecule has 0 unspecified atom stereocenters. The van der Waals surface area contributed by atoms with Crippen LogP contribution in [-0.4, -0.2) is 35.5 Å². The van der Waals surface area contributed by atoms with Crippen LogP contribution in [0.15, 0.2) is 35.1 Å². The van der Waals surface area contributed by atoms with Crippen molar-refractivity contribution in [1.29, 1.82) is 0 Å². The van der Waals surface area contributed by atoms with E-state index in [2.05, 4.69) is 4.98 Å². The Hall–Kier alpha value is -2.41. The van der Waals surface area contributed by atoms with Crippen LogP contribution in [0.4, 0.5) is 10.2 Å². The summed E-state index contributed by atoms with van der Waals surface area (Å²) in [5, 5.41) is 0. The lowest BCUT2D eigenvalue weighted by atomic mass is 10.2. The fourth-order valence-electron chi connectivity index (χ4n) is 3.02. The van der Waals surface area contributed by atoms with Crippen molar-refractivity contribution in [2.75, 3.05) is 24.8 Å². The maximum atomic E-state index is 13.1. The third-order valence-corrected chi connectivity index (χ3v) is 4.16. The Morgan fingerprint density at radius 3 is 3.17 bits per heavy atom. The lowest BCUT2D eigenvalue weighted by Gasteiger charge is -2.15. The standard InChI is InChI=1S/C16H16FN3O3/c17-12-3-1-2-11(6-12)4-5-23-14-7-15-19(16(21)18-14)8-13-9-22-10-20(13)15/h1-3,6-7,13H,4-5,8-10H2/t13-/m1/s1. The van der Waals surface area contributed by atoms with E-state index in [1.165, 1.54) is 12.1 Å². The minimum atomic E-state index is -0.308. The van der Waals surface area contributed by atoms with Gasteiger partial charge in [0.25, 0.3) is 0 Å². The van der Waals surface area contributed by atoms with Crippen molar-refractivity contribution in [1.82, 2.24) is 9.55 Å². The quantitative estimate of drug-likeness (QED) is 0.847. The van der Waals surface area contributed by atoms with Crippen molar-refractivity contribution < 1.29 is 13.9 Å². The van der Waals surface area contributed by atoms with E-state index in [1.54, 1.807) is 16.7 Å². The van der Waals surface area contributed by atoms with Gasteiger partial charge in [-0.1, -0.05) is 12.1 Å². The first-order valence-corrected chi connectivity index (χ1v) is 7.54. The van der Waals surface area contributed by atoms with Gasteiger partial charge in [-0.25, -0.2) is 9.18 Å². The zero-order chi connectivity index (χ0) is 15.8. The summed E-state index contributed by atoms with van der Waals surface area (Å²) < 4.78 is 25.8. The summed E-state index contributed by atoms with van der Waals surface area (Å²) in [6.07, 6.45) is 0.549. The van der Waals surface area contributed by atoms with Gasteiger partial charge in [0.05, 0.1) is 25.8 Å². The van der Waals surface area contributed by atoms with Crippen LogP contribution in [0.5, 0.6) is 5.88 Å². The lowest BCUT2D eigenvalue weighted by molar-refractivity contribution is 0.189. The number of benzene rings is 1. The highest BCUT2D eigenvalue weighted by Crippen LogP contribution is 2.29. The highest BCUT2D eigenvalue weighted by molar-refractivity contribution is 5.47. The van der Waals surface area contributed by atoms with E-state index >= 15 is 0 Å². The summed E-state index contributed by atoms with van der Waals surface area (Å²) in [7, 11) is 0. The van der Waals surface area contributed by atoms with Crippen molar-refractivity contribution in [2.45, 2.75) is 19.0 Å². The Morgan fingerprint density at radius 2 is 2.30 bits per heavy atom. The molecule has 0 N–H and O–H groups in total. The molecule has 2 aromatic rings. The second-order valence-corrected chi connectivity index (χ2v) is 5.70. The van der Waals surface area contributed by atoms with Crippen LogP contribution >= 0.6 is 0 Å². The number of rotatable bonds is 4. The molecule has 1 aromatic heterocycles. The largest absolute Gasteiger partial charge is 0.477 e. The first-order chi connectivity index (χ1) is 11.2. The van der Waals surface area contributed by atoms with Gasteiger partial charge >= 0.3 is 5.69 Å². The number of anilines is 1. The molecule has 1 aromatic carbocycles. The van der Waals surface area contributed by atoms with Crippen LogP contribution < -0.4 is 15.3 Å². The van der Waals surface area contributed by atoms with Gasteiger partial charge in [-0.15, -0.1) is 0 Å². The number of ether oxygens (including phenoxy) is 2. The second kappa shape index (κ2) is 5.66. The van der Waals surface area contributed by atoms with Gasteiger partial charge in [0, 0.05) is 12.5 Å². The minimum Gasteiger partial charge on any atom is -0.477 e. The monoisotopic (exact) mass is 317 g/mol. The van der Waals surface area contributed by atoms with Crippen molar-refractivity contribution in [3.8, 4) is 5.88 Å². The lowest BCUT2D eigenvalue weighted by Crippen LogP contribution is -2.26. The van der Waals surface area contributed by atoms with Crippen molar-refractivity contribution in [3.05, 3.63) is 52.2 Å². The van der Waals surface area contributed by atoms with Crippen molar-refractivity contribution >= 4 is 5.82 Å². The van der Waals surface area contributed by atoms with Crippen LogP contribution in [0.2, 0.25) is 0 Å². The van der Waals surface area contributed by atoms with Gasteiger partial charge in [0.15, 0.2) is 0 Å². The normalized spacial score (nSPS) is 18.8. The van der Waals surface area contributed by atoms with Gasteiger partial charge < -0.3 is 14.4 Å². The maximum absolute atomic E-state index is 13.1. The number of halogens is 1.